The van der Waals surface area contributed by atoms with Gasteiger partial charge in [-0.1, -0.05) is 47.5 Å². The predicted molar refractivity (Wildman–Crippen MR) is 129 cm³/mol. The molecule has 0 aliphatic carbocycles. The molecule has 0 fully saturated rings. The van der Waals surface area contributed by atoms with E-state index in [4.69, 9.17) is 27.9 Å². The molecule has 33 heavy (non-hydrogen) atoms. The number of benzene rings is 3. The molecule has 0 unspecified atom stereocenters. The Labute approximate surface area is 201 Å². The number of rotatable bonds is 7. The second-order valence-corrected chi connectivity index (χ2v) is 9.71. The minimum atomic E-state index is -4.13. The fourth-order valence-electron chi connectivity index (χ4n) is 3.14. The fourth-order valence-corrected chi connectivity index (χ4v) is 5.08. The van der Waals surface area contributed by atoms with Crippen LogP contribution in [0, 0.1) is 6.92 Å². The van der Waals surface area contributed by atoms with Gasteiger partial charge in [-0.3, -0.25) is 9.10 Å². The standard InChI is InChI=1S/C23H20Cl2N2O5S/c1-15-20(23(29)32-2)9-6-10-21(15)26-22(28)14-27(18-12-16(24)11-17(25)13-18)33(30,31)19-7-4-3-5-8-19/h3-13H,14H2,1-2H3,(H,26,28). The van der Waals surface area contributed by atoms with Gasteiger partial charge in [0.05, 0.1) is 23.3 Å². The molecular weight excluding hydrogens is 487 g/mol. The monoisotopic (exact) mass is 506 g/mol. The normalized spacial score (nSPS) is 11.0. The molecule has 0 aromatic heterocycles. The highest BCUT2D eigenvalue weighted by Crippen LogP contribution is 2.30. The van der Waals surface area contributed by atoms with Crippen molar-refractivity contribution in [1.82, 2.24) is 0 Å². The van der Waals surface area contributed by atoms with Gasteiger partial charge >= 0.3 is 5.97 Å². The summed E-state index contributed by atoms with van der Waals surface area (Å²) >= 11 is 12.2. The third-order valence-corrected chi connectivity index (χ3v) is 6.99. The van der Waals surface area contributed by atoms with Crippen LogP contribution in [0.2, 0.25) is 10.0 Å². The highest BCUT2D eigenvalue weighted by atomic mass is 35.5. The molecule has 3 aromatic carbocycles. The zero-order chi connectivity index (χ0) is 24.2. The lowest BCUT2D eigenvalue weighted by molar-refractivity contribution is -0.114. The zero-order valence-corrected chi connectivity index (χ0v) is 20.0. The molecule has 172 valence electrons. The lowest BCUT2D eigenvalue weighted by Crippen LogP contribution is -2.38. The highest BCUT2D eigenvalue weighted by molar-refractivity contribution is 7.92. The van der Waals surface area contributed by atoms with Crippen molar-refractivity contribution in [2.24, 2.45) is 0 Å². The summed E-state index contributed by atoms with van der Waals surface area (Å²) in [6.45, 7) is 1.09. The summed E-state index contributed by atoms with van der Waals surface area (Å²) in [7, 11) is -2.87. The summed E-state index contributed by atoms with van der Waals surface area (Å²) < 4.78 is 32.5. The van der Waals surface area contributed by atoms with Gasteiger partial charge in [0.25, 0.3) is 10.0 Å². The summed E-state index contributed by atoms with van der Waals surface area (Å²) in [4.78, 5) is 24.9. The average molecular weight is 507 g/mol. The molecule has 0 saturated carbocycles. The van der Waals surface area contributed by atoms with E-state index in [9.17, 15) is 18.0 Å². The third-order valence-electron chi connectivity index (χ3n) is 4.77. The zero-order valence-electron chi connectivity index (χ0n) is 17.7. The molecule has 1 amide bonds. The predicted octanol–water partition coefficient (Wildman–Crippen LogP) is 4.92. The number of carbonyl (C=O) groups excluding carboxylic acids is 2. The number of hydrogen-bond acceptors (Lipinski definition) is 5. The Balaban J connectivity index is 1.98. The first-order chi connectivity index (χ1) is 15.6. The summed E-state index contributed by atoms with van der Waals surface area (Å²) in [5.41, 5.74) is 1.25. The lowest BCUT2D eigenvalue weighted by atomic mass is 10.1. The molecule has 1 N–H and O–H groups in total. The first-order valence-electron chi connectivity index (χ1n) is 9.65. The van der Waals surface area contributed by atoms with E-state index in [1.165, 1.54) is 37.4 Å². The number of nitrogens with zero attached hydrogens (tertiary/aromatic N) is 1. The van der Waals surface area contributed by atoms with Gasteiger partial charge in [-0.2, -0.15) is 0 Å². The van der Waals surface area contributed by atoms with Gasteiger partial charge in [0.2, 0.25) is 5.91 Å². The largest absolute Gasteiger partial charge is 0.465 e. The number of carbonyl (C=O) groups is 2. The molecule has 3 rings (SSSR count). The lowest BCUT2D eigenvalue weighted by Gasteiger charge is -2.24. The Morgan fingerprint density at radius 2 is 1.61 bits per heavy atom. The van der Waals surface area contributed by atoms with E-state index in [0.29, 0.717) is 11.3 Å². The maximum absolute atomic E-state index is 13.4. The van der Waals surface area contributed by atoms with Crippen molar-refractivity contribution in [3.05, 3.63) is 87.9 Å². The first-order valence-corrected chi connectivity index (χ1v) is 11.8. The molecule has 0 radical (unpaired) electrons. The van der Waals surface area contributed by atoms with Crippen LogP contribution in [-0.4, -0.2) is 33.9 Å². The fraction of sp³-hybridized carbons (Fsp3) is 0.130. The molecule has 0 heterocycles. The number of hydrogen-bond donors (Lipinski definition) is 1. The van der Waals surface area contributed by atoms with Crippen LogP contribution >= 0.6 is 23.2 Å². The van der Waals surface area contributed by atoms with Crippen LogP contribution in [0.1, 0.15) is 15.9 Å². The van der Waals surface area contributed by atoms with E-state index < -0.39 is 28.4 Å². The minimum Gasteiger partial charge on any atom is -0.465 e. The van der Waals surface area contributed by atoms with Crippen LogP contribution in [-0.2, 0) is 19.6 Å². The number of halogens is 2. The van der Waals surface area contributed by atoms with Crippen molar-refractivity contribution in [3.63, 3.8) is 0 Å². The molecule has 7 nitrogen and oxygen atoms in total. The number of ether oxygens (including phenoxy) is 1. The van der Waals surface area contributed by atoms with Crippen molar-refractivity contribution >= 4 is 56.5 Å². The van der Waals surface area contributed by atoms with Crippen molar-refractivity contribution in [3.8, 4) is 0 Å². The summed E-state index contributed by atoms with van der Waals surface area (Å²) in [5, 5.41) is 3.09. The highest BCUT2D eigenvalue weighted by Gasteiger charge is 2.28. The molecule has 10 heteroatoms. The van der Waals surface area contributed by atoms with Gasteiger partial charge in [-0.05, 0) is 55.0 Å². The van der Waals surface area contributed by atoms with Gasteiger partial charge in [0, 0.05) is 15.7 Å². The molecule has 0 spiro atoms. The number of nitrogens with one attached hydrogen (secondary N) is 1. The SMILES string of the molecule is COC(=O)c1cccc(NC(=O)CN(c2cc(Cl)cc(Cl)c2)S(=O)(=O)c2ccccc2)c1C. The van der Waals surface area contributed by atoms with Crippen LogP contribution in [0.15, 0.2) is 71.6 Å². The number of anilines is 2. The number of sulfonamides is 1. The van der Waals surface area contributed by atoms with Crippen LogP contribution in [0.25, 0.3) is 0 Å². The van der Waals surface area contributed by atoms with E-state index in [1.807, 2.05) is 0 Å². The van der Waals surface area contributed by atoms with Crippen LogP contribution < -0.4 is 9.62 Å². The van der Waals surface area contributed by atoms with E-state index in [-0.39, 0.29) is 26.2 Å². The molecule has 0 aliphatic rings. The van der Waals surface area contributed by atoms with Gasteiger partial charge in [0.1, 0.15) is 6.54 Å². The molecule has 0 aliphatic heterocycles. The van der Waals surface area contributed by atoms with Gasteiger partial charge in [-0.15, -0.1) is 0 Å². The molecule has 0 saturated heterocycles. The van der Waals surface area contributed by atoms with E-state index in [1.54, 1.807) is 43.3 Å². The Bertz CT molecular complexity index is 1280. The summed E-state index contributed by atoms with van der Waals surface area (Å²) in [5.74, 6) is -1.18. The summed E-state index contributed by atoms with van der Waals surface area (Å²) in [6, 6.07) is 16.7. The van der Waals surface area contributed by atoms with E-state index >= 15 is 0 Å². The van der Waals surface area contributed by atoms with Crippen molar-refractivity contribution in [2.75, 3.05) is 23.3 Å². The first kappa shape index (κ1) is 24.6. The maximum atomic E-state index is 13.4. The Kier molecular flexibility index (Phi) is 7.63. The number of esters is 1. The van der Waals surface area contributed by atoms with E-state index in [0.717, 1.165) is 4.31 Å². The van der Waals surface area contributed by atoms with Gasteiger partial charge in [0.15, 0.2) is 0 Å². The quantitative estimate of drug-likeness (QED) is 0.459. The summed E-state index contributed by atoms with van der Waals surface area (Å²) in [6.07, 6.45) is 0. The van der Waals surface area contributed by atoms with Crippen molar-refractivity contribution in [1.29, 1.82) is 0 Å². The Hall–Kier alpha value is -3.07. The van der Waals surface area contributed by atoms with Crippen molar-refractivity contribution < 1.29 is 22.7 Å². The topological polar surface area (TPSA) is 92.8 Å². The Morgan fingerprint density at radius 3 is 2.21 bits per heavy atom. The van der Waals surface area contributed by atoms with Gasteiger partial charge < -0.3 is 10.1 Å². The molecule has 0 bridgehead atoms. The number of amides is 1. The molecule has 3 aromatic rings. The van der Waals surface area contributed by atoms with Crippen LogP contribution in [0.4, 0.5) is 11.4 Å². The van der Waals surface area contributed by atoms with Gasteiger partial charge in [-0.25, -0.2) is 13.2 Å². The number of methoxy groups -OCH3 is 1. The molecular formula is C23H20Cl2N2O5S. The Morgan fingerprint density at radius 1 is 0.970 bits per heavy atom. The van der Waals surface area contributed by atoms with E-state index in [2.05, 4.69) is 5.32 Å². The second kappa shape index (κ2) is 10.2. The second-order valence-electron chi connectivity index (χ2n) is 6.97. The van der Waals surface area contributed by atoms with Crippen LogP contribution in [0.5, 0.6) is 0 Å². The molecule has 0 atom stereocenters. The van der Waals surface area contributed by atoms with Crippen molar-refractivity contribution in [2.45, 2.75) is 11.8 Å². The smallest absolute Gasteiger partial charge is 0.338 e. The third kappa shape index (κ3) is 5.65. The minimum absolute atomic E-state index is 0.00207. The maximum Gasteiger partial charge on any atom is 0.338 e. The van der Waals surface area contributed by atoms with Crippen LogP contribution in [0.3, 0.4) is 0 Å². The average Bonchev–Trinajstić information content (AvgIpc) is 2.78.